The zero-order chi connectivity index (χ0) is 22.4. The van der Waals surface area contributed by atoms with Gasteiger partial charge in [0.2, 0.25) is 0 Å². The smallest absolute Gasteiger partial charge is 0.264 e. The number of carbonyl (C=O) groups excluding carboxylic acids is 1. The van der Waals surface area contributed by atoms with E-state index in [1.165, 1.54) is 36.5 Å². The van der Waals surface area contributed by atoms with Crippen molar-refractivity contribution >= 4 is 67.0 Å². The topological polar surface area (TPSA) is 78.8 Å². The number of hydrazone groups is 1. The van der Waals surface area contributed by atoms with Crippen molar-refractivity contribution in [1.29, 1.82) is 0 Å². The van der Waals surface area contributed by atoms with Gasteiger partial charge in [-0.2, -0.15) is 5.10 Å². The maximum atomic E-state index is 13.2. The van der Waals surface area contributed by atoms with Crippen molar-refractivity contribution in [2.75, 3.05) is 10.8 Å². The maximum absolute atomic E-state index is 13.2. The number of anilines is 1. The van der Waals surface area contributed by atoms with Crippen LogP contribution in [-0.4, -0.2) is 27.1 Å². The van der Waals surface area contributed by atoms with Gasteiger partial charge in [-0.1, -0.05) is 69.5 Å². The van der Waals surface area contributed by atoms with Crippen LogP contribution in [0.5, 0.6) is 0 Å². The van der Waals surface area contributed by atoms with Crippen LogP contribution in [0.25, 0.3) is 0 Å². The van der Waals surface area contributed by atoms with Crippen LogP contribution < -0.4 is 9.73 Å². The van der Waals surface area contributed by atoms with Gasteiger partial charge in [0.15, 0.2) is 0 Å². The molecule has 0 aliphatic rings. The number of nitrogens with one attached hydrogen (secondary N) is 1. The Morgan fingerprint density at radius 2 is 1.74 bits per heavy atom. The Kier molecular flexibility index (Phi) is 7.72. The van der Waals surface area contributed by atoms with Crippen molar-refractivity contribution in [3.8, 4) is 0 Å². The lowest BCUT2D eigenvalue weighted by Gasteiger charge is -2.24. The zero-order valence-corrected chi connectivity index (χ0v) is 19.8. The molecule has 0 radical (unpaired) electrons. The summed E-state index contributed by atoms with van der Waals surface area (Å²) in [7, 11) is -4.05. The van der Waals surface area contributed by atoms with Gasteiger partial charge in [-0.05, 0) is 48.0 Å². The first kappa shape index (κ1) is 23.3. The summed E-state index contributed by atoms with van der Waals surface area (Å²) < 4.78 is 28.3. The van der Waals surface area contributed by atoms with Gasteiger partial charge in [0.05, 0.1) is 26.8 Å². The second-order valence-corrected chi connectivity index (χ2v) is 9.86. The summed E-state index contributed by atoms with van der Waals surface area (Å²) in [6, 6.07) is 19.4. The molecular weight excluding hydrogens is 525 g/mol. The average Bonchev–Trinajstić information content (AvgIpc) is 2.75. The second kappa shape index (κ2) is 10.3. The number of carbonyl (C=O) groups is 1. The molecule has 10 heteroatoms. The molecule has 0 fully saturated rings. The molecule has 3 aromatic rings. The van der Waals surface area contributed by atoms with Crippen molar-refractivity contribution in [1.82, 2.24) is 5.43 Å². The quantitative estimate of drug-likeness (QED) is 0.334. The molecule has 160 valence electrons. The summed E-state index contributed by atoms with van der Waals surface area (Å²) >= 11 is 15.4. The normalized spacial score (nSPS) is 11.5. The fraction of sp³-hybridized carbons (Fsp3) is 0.0476. The van der Waals surface area contributed by atoms with Gasteiger partial charge >= 0.3 is 0 Å². The summed E-state index contributed by atoms with van der Waals surface area (Å²) in [5.41, 5.74) is 3.31. The van der Waals surface area contributed by atoms with E-state index in [0.717, 1.165) is 14.3 Å². The minimum atomic E-state index is -4.05. The molecule has 6 nitrogen and oxygen atoms in total. The molecule has 0 saturated carbocycles. The van der Waals surface area contributed by atoms with Crippen molar-refractivity contribution in [3.63, 3.8) is 0 Å². The summed E-state index contributed by atoms with van der Waals surface area (Å²) in [5, 5.41) is 4.34. The molecule has 0 aliphatic carbocycles. The first-order valence-electron chi connectivity index (χ1n) is 8.88. The monoisotopic (exact) mass is 539 g/mol. The van der Waals surface area contributed by atoms with E-state index in [4.69, 9.17) is 23.2 Å². The highest BCUT2D eigenvalue weighted by Gasteiger charge is 2.27. The van der Waals surface area contributed by atoms with Crippen LogP contribution in [0.4, 0.5) is 5.69 Å². The average molecular weight is 541 g/mol. The third-order valence-electron chi connectivity index (χ3n) is 4.06. The number of rotatable bonds is 7. The van der Waals surface area contributed by atoms with Crippen molar-refractivity contribution in [3.05, 3.63) is 92.9 Å². The molecule has 1 amide bonds. The Bertz CT molecular complexity index is 1220. The predicted molar refractivity (Wildman–Crippen MR) is 127 cm³/mol. The van der Waals surface area contributed by atoms with E-state index in [-0.39, 0.29) is 20.6 Å². The highest BCUT2D eigenvalue weighted by atomic mass is 79.9. The first-order chi connectivity index (χ1) is 14.8. The fourth-order valence-electron chi connectivity index (χ4n) is 2.61. The van der Waals surface area contributed by atoms with E-state index >= 15 is 0 Å². The number of hydrogen-bond donors (Lipinski definition) is 1. The van der Waals surface area contributed by atoms with Gasteiger partial charge in [0, 0.05) is 4.47 Å². The summed E-state index contributed by atoms with van der Waals surface area (Å²) in [5.74, 6) is -0.628. The Labute approximate surface area is 198 Å². The summed E-state index contributed by atoms with van der Waals surface area (Å²) in [6.07, 6.45) is 1.46. The largest absolute Gasteiger partial charge is 0.271 e. The van der Waals surface area contributed by atoms with Crippen molar-refractivity contribution < 1.29 is 13.2 Å². The van der Waals surface area contributed by atoms with Crippen LogP contribution in [0.2, 0.25) is 10.0 Å². The Morgan fingerprint density at radius 3 is 2.42 bits per heavy atom. The van der Waals surface area contributed by atoms with E-state index in [1.807, 2.05) is 24.3 Å². The lowest BCUT2D eigenvalue weighted by molar-refractivity contribution is -0.119. The molecule has 31 heavy (non-hydrogen) atoms. The minimum absolute atomic E-state index is 0.0338. The van der Waals surface area contributed by atoms with Crippen molar-refractivity contribution in [2.24, 2.45) is 5.10 Å². The molecule has 1 N–H and O–H groups in total. The number of amides is 1. The molecule has 0 bridgehead atoms. The molecule has 0 aliphatic heterocycles. The Hall–Kier alpha value is -2.39. The van der Waals surface area contributed by atoms with Gasteiger partial charge in [0.1, 0.15) is 6.54 Å². The Morgan fingerprint density at radius 1 is 1.00 bits per heavy atom. The molecule has 0 aromatic heterocycles. The van der Waals surface area contributed by atoms with Crippen LogP contribution >= 0.6 is 39.1 Å². The molecule has 0 unspecified atom stereocenters. The molecule has 0 heterocycles. The number of nitrogens with zero attached hydrogens (tertiary/aromatic N) is 2. The molecule has 3 rings (SSSR count). The lowest BCUT2D eigenvalue weighted by atomic mass is 10.2. The molecular formula is C21H16BrCl2N3O3S. The summed E-state index contributed by atoms with van der Waals surface area (Å²) in [4.78, 5) is 12.5. The molecule has 0 spiro atoms. The predicted octanol–water partition coefficient (Wildman–Crippen LogP) is 5.10. The van der Waals surface area contributed by atoms with E-state index in [9.17, 15) is 13.2 Å². The standard InChI is InChI=1S/C21H16BrCl2N3O3S/c22-16-6-4-5-15(11-16)13-25-26-21(28)14-27(17-9-10-19(23)20(24)12-17)31(29,30)18-7-2-1-3-8-18/h1-13H,14H2,(H,26,28)/b25-13+. The second-order valence-electron chi connectivity index (χ2n) is 6.27. The van der Waals surface area contributed by atoms with Crippen LogP contribution in [0, 0.1) is 0 Å². The SMILES string of the molecule is O=C(CN(c1ccc(Cl)c(Cl)c1)S(=O)(=O)c1ccccc1)N/N=C/c1cccc(Br)c1. The Balaban J connectivity index is 1.86. The third kappa shape index (κ3) is 6.07. The first-order valence-corrected chi connectivity index (χ1v) is 11.9. The number of benzene rings is 3. The van der Waals surface area contributed by atoms with E-state index in [1.54, 1.807) is 18.2 Å². The number of hydrogen-bond acceptors (Lipinski definition) is 4. The van der Waals surface area contributed by atoms with E-state index in [0.29, 0.717) is 0 Å². The minimum Gasteiger partial charge on any atom is -0.271 e. The van der Waals surface area contributed by atoms with Gasteiger partial charge in [-0.3, -0.25) is 9.10 Å². The molecule has 0 saturated heterocycles. The zero-order valence-electron chi connectivity index (χ0n) is 15.9. The van der Waals surface area contributed by atoms with E-state index in [2.05, 4.69) is 26.5 Å². The molecule has 3 aromatic carbocycles. The highest BCUT2D eigenvalue weighted by Crippen LogP contribution is 2.30. The van der Waals surface area contributed by atoms with Crippen LogP contribution in [0.1, 0.15) is 5.56 Å². The van der Waals surface area contributed by atoms with Crippen LogP contribution in [0.3, 0.4) is 0 Å². The van der Waals surface area contributed by atoms with Gasteiger partial charge in [-0.25, -0.2) is 13.8 Å². The van der Waals surface area contributed by atoms with Gasteiger partial charge in [0.25, 0.3) is 15.9 Å². The van der Waals surface area contributed by atoms with Gasteiger partial charge in [-0.15, -0.1) is 0 Å². The fourth-order valence-corrected chi connectivity index (χ4v) is 4.75. The number of sulfonamides is 1. The van der Waals surface area contributed by atoms with E-state index < -0.39 is 22.5 Å². The highest BCUT2D eigenvalue weighted by molar-refractivity contribution is 9.10. The number of halogens is 3. The summed E-state index contributed by atoms with van der Waals surface area (Å²) in [6.45, 7) is -0.509. The molecule has 0 atom stereocenters. The maximum Gasteiger partial charge on any atom is 0.264 e. The van der Waals surface area contributed by atoms with Gasteiger partial charge < -0.3 is 0 Å². The van der Waals surface area contributed by atoms with Crippen molar-refractivity contribution in [2.45, 2.75) is 4.90 Å². The third-order valence-corrected chi connectivity index (χ3v) is 7.08. The van der Waals surface area contributed by atoms with Crippen LogP contribution in [-0.2, 0) is 14.8 Å². The lowest BCUT2D eigenvalue weighted by Crippen LogP contribution is -2.39. The van der Waals surface area contributed by atoms with Crippen LogP contribution in [0.15, 0.2) is 87.3 Å².